The fourth-order valence-electron chi connectivity index (χ4n) is 0.586. The molecule has 0 fully saturated rings. The molecule has 3 N–H and O–H groups in total. The summed E-state index contributed by atoms with van der Waals surface area (Å²) in [4.78, 5) is 31.3. The van der Waals surface area contributed by atoms with Crippen molar-refractivity contribution in [1.82, 2.24) is 0 Å². The van der Waals surface area contributed by atoms with E-state index in [2.05, 4.69) is 14.0 Å². The van der Waals surface area contributed by atoms with Gasteiger partial charge in [-0.2, -0.15) is 0 Å². The summed E-state index contributed by atoms with van der Waals surface area (Å²) in [7, 11) is -4.58. The first-order valence-electron chi connectivity index (χ1n) is 4.37. The number of hydrogen-bond donors (Lipinski definition) is 3. The van der Waals surface area contributed by atoms with Crippen LogP contribution in [0.1, 0.15) is 20.8 Å². The average Bonchev–Trinajstić information content (AvgIpc) is 1.96. The van der Waals surface area contributed by atoms with Crippen LogP contribution < -0.4 is 29.6 Å². The summed E-state index contributed by atoms with van der Waals surface area (Å²) in [6, 6.07) is 0. The molecule has 0 saturated carbocycles. The maximum Gasteiger partial charge on any atom is 1.00 e. The number of carbonyl (C=O) groups excluding carboxylic acids is 3. The Morgan fingerprint density at radius 2 is 1.00 bits per heavy atom. The molecule has 0 aromatic heterocycles. The fraction of sp³-hybridized carbons (Fsp3) is 0.500. The Bertz CT molecular complexity index is 231. The Labute approximate surface area is 126 Å². The zero-order valence-electron chi connectivity index (χ0n) is 10.6. The Morgan fingerprint density at radius 1 is 0.833 bits per heavy atom. The summed E-state index contributed by atoms with van der Waals surface area (Å²) in [5.74, 6) is -2.03. The topological polar surface area (TPSA) is 140 Å². The number of rotatable bonds is 3. The van der Waals surface area contributed by atoms with E-state index >= 15 is 0 Å². The van der Waals surface area contributed by atoms with Gasteiger partial charge in [0.05, 0.1) is 0 Å². The molecule has 0 unspecified atom stereocenters. The monoisotopic (exact) mass is 274 g/mol. The summed E-state index contributed by atoms with van der Waals surface area (Å²) >= 11 is 0. The van der Waals surface area contributed by atoms with Crippen LogP contribution in [-0.2, 0) is 28.3 Å². The van der Waals surface area contributed by atoms with Crippen molar-refractivity contribution >= 4 is 32.6 Å². The first-order chi connectivity index (χ1) is 7.65. The molecule has 18 heavy (non-hydrogen) atoms. The molecule has 0 saturated heterocycles. The zero-order chi connectivity index (χ0) is 14.0. The van der Waals surface area contributed by atoms with Gasteiger partial charge in [0.15, 0.2) is 0 Å². The maximum atomic E-state index is 10.4. The summed E-state index contributed by atoms with van der Waals surface area (Å²) < 4.78 is 13.3. The van der Waals surface area contributed by atoms with Crippen molar-refractivity contribution in [2.75, 3.05) is 0 Å². The van der Waals surface area contributed by atoms with Crippen molar-refractivity contribution in [3.63, 3.8) is 0 Å². The van der Waals surface area contributed by atoms with Gasteiger partial charge < -0.3 is 29.0 Å². The molecule has 0 atom stereocenters. The summed E-state index contributed by atoms with van der Waals surface area (Å²) in [5.41, 5.74) is 0. The third-order valence-corrected chi connectivity index (χ3v) is 0.963. The van der Waals surface area contributed by atoms with Gasteiger partial charge in [-0.1, -0.05) is 0 Å². The van der Waals surface area contributed by atoms with Crippen LogP contribution >= 0.6 is 0 Å². The van der Waals surface area contributed by atoms with Gasteiger partial charge in [0.2, 0.25) is 0 Å². The van der Waals surface area contributed by atoms with Gasteiger partial charge >= 0.3 is 44.2 Å². The number of carbonyl (C=O) groups is 3. The Kier molecular flexibility index (Phi) is 16.1. The molecule has 0 heterocycles. The van der Waals surface area contributed by atoms with Gasteiger partial charge in [-0.15, -0.1) is 0 Å². The third kappa shape index (κ3) is 24.6. The zero-order valence-corrected chi connectivity index (χ0v) is 12.6. The standard InChI is InChI=1S/C6H10BO6.BH3O3.Na/c1-4(8)11-7(12-5(2)9)13-6(3)10;2-1(3)4;/h7H,1-3H3;2-4H;/q-1;;+1. The van der Waals surface area contributed by atoms with Crippen molar-refractivity contribution in [3.05, 3.63) is 0 Å². The first-order valence-corrected chi connectivity index (χ1v) is 4.37. The molecule has 12 heteroatoms. The van der Waals surface area contributed by atoms with Crippen LogP contribution in [0.4, 0.5) is 0 Å². The molecule has 0 radical (unpaired) electrons. The van der Waals surface area contributed by atoms with Gasteiger partial charge in [-0.25, -0.2) is 0 Å². The average molecular weight is 274 g/mol. The van der Waals surface area contributed by atoms with E-state index in [0.29, 0.717) is 0 Å². The minimum Gasteiger partial charge on any atom is -0.625 e. The predicted molar refractivity (Wildman–Crippen MR) is 54.9 cm³/mol. The van der Waals surface area contributed by atoms with E-state index in [1.54, 1.807) is 0 Å². The quantitative estimate of drug-likeness (QED) is 0.429. The summed E-state index contributed by atoms with van der Waals surface area (Å²) in [6.45, 7) is 3.35. The molecule has 0 aliphatic rings. The van der Waals surface area contributed by atoms with Crippen LogP contribution in [0.15, 0.2) is 0 Å². The molecule has 0 amide bonds. The van der Waals surface area contributed by atoms with E-state index in [1.165, 1.54) is 0 Å². The second kappa shape index (κ2) is 12.9. The van der Waals surface area contributed by atoms with Gasteiger partial charge in [0.1, 0.15) is 0 Å². The first kappa shape index (κ1) is 22.6. The van der Waals surface area contributed by atoms with Crippen LogP contribution in [0.25, 0.3) is 0 Å². The fourth-order valence-corrected chi connectivity index (χ4v) is 0.586. The van der Waals surface area contributed by atoms with Gasteiger partial charge in [-0.3, -0.25) is 14.4 Å². The van der Waals surface area contributed by atoms with Crippen molar-refractivity contribution in [2.24, 2.45) is 0 Å². The SMILES string of the molecule is CC(=O)O[BH-](OC(C)=O)OC(C)=O.OB(O)O.[Na+]. The molecule has 0 aliphatic carbocycles. The molecular formula is C6H13B2NaO9. The van der Waals surface area contributed by atoms with Crippen molar-refractivity contribution in [1.29, 1.82) is 0 Å². The van der Waals surface area contributed by atoms with Crippen LogP contribution in [0.5, 0.6) is 0 Å². The largest absolute Gasteiger partial charge is 1.00 e. The number of hydrogen-bond acceptors (Lipinski definition) is 9. The molecule has 0 aliphatic heterocycles. The molecule has 0 spiro atoms. The molecule has 0 bridgehead atoms. The van der Waals surface area contributed by atoms with Gasteiger partial charge in [-0.05, 0) is 0 Å². The van der Waals surface area contributed by atoms with E-state index in [9.17, 15) is 14.4 Å². The van der Waals surface area contributed by atoms with Crippen molar-refractivity contribution in [2.45, 2.75) is 20.8 Å². The van der Waals surface area contributed by atoms with Gasteiger partial charge in [0.25, 0.3) is 17.9 Å². The van der Waals surface area contributed by atoms with E-state index in [4.69, 9.17) is 15.1 Å². The summed E-state index contributed by atoms with van der Waals surface area (Å²) in [6.07, 6.45) is 0. The smallest absolute Gasteiger partial charge is 0.625 e. The second-order valence-corrected chi connectivity index (χ2v) is 2.61. The molecular weight excluding hydrogens is 261 g/mol. The predicted octanol–water partition coefficient (Wildman–Crippen LogP) is -5.65. The van der Waals surface area contributed by atoms with Crippen molar-refractivity contribution < 1.29 is 73.0 Å². The van der Waals surface area contributed by atoms with Crippen LogP contribution in [-0.4, -0.2) is 47.6 Å². The van der Waals surface area contributed by atoms with Gasteiger partial charge in [0, 0.05) is 20.8 Å². The molecule has 9 nitrogen and oxygen atoms in total. The Hall–Kier alpha value is -0.580. The van der Waals surface area contributed by atoms with Crippen molar-refractivity contribution in [3.8, 4) is 0 Å². The molecule has 0 rings (SSSR count). The molecule has 0 aromatic carbocycles. The van der Waals surface area contributed by atoms with E-state index in [-0.39, 0.29) is 29.6 Å². The third-order valence-electron chi connectivity index (χ3n) is 0.963. The van der Waals surface area contributed by atoms with Crippen LogP contribution in [0, 0.1) is 0 Å². The Balaban J connectivity index is -0.000000392. The second-order valence-electron chi connectivity index (χ2n) is 2.61. The molecule has 0 aromatic rings. The normalized spacial score (nSPS) is 8.17. The van der Waals surface area contributed by atoms with E-state index < -0.39 is 32.6 Å². The van der Waals surface area contributed by atoms with Crippen LogP contribution in [0.3, 0.4) is 0 Å². The van der Waals surface area contributed by atoms with E-state index in [0.717, 1.165) is 20.8 Å². The molecule has 98 valence electrons. The van der Waals surface area contributed by atoms with Crippen LogP contribution in [0.2, 0.25) is 0 Å². The summed E-state index contributed by atoms with van der Waals surface area (Å²) in [5, 5.41) is 21.5. The minimum atomic E-state index is -2.41. The Morgan fingerprint density at radius 3 is 1.11 bits per heavy atom. The maximum absolute atomic E-state index is 10.4. The van der Waals surface area contributed by atoms with E-state index in [1.807, 2.05) is 0 Å². The minimum absolute atomic E-state index is 0.